The summed E-state index contributed by atoms with van der Waals surface area (Å²) >= 11 is 0. The lowest BCUT2D eigenvalue weighted by Gasteiger charge is -2.14. The third-order valence-corrected chi connectivity index (χ3v) is 6.83. The van der Waals surface area contributed by atoms with Crippen molar-refractivity contribution in [1.82, 2.24) is 0 Å². The number of phenolic OH excluding ortho intramolecular Hbond substituents is 3. The molecule has 3 nitrogen and oxygen atoms in total. The first kappa shape index (κ1) is 19.4. The maximum atomic E-state index is 10.3. The third kappa shape index (κ3) is 5.08. The summed E-state index contributed by atoms with van der Waals surface area (Å²) in [6.45, 7) is 4.69. The average molecular weight is 361 g/mol. The fourth-order valence-electron chi connectivity index (χ4n) is 4.00. The number of aryl methyl sites for hydroxylation is 1. The molecule has 0 heterocycles. The van der Waals surface area contributed by atoms with Crippen LogP contribution in [0.25, 0.3) is 0 Å². The Labute approximate surface area is 158 Å². The molecule has 0 radical (unpaired) electrons. The van der Waals surface area contributed by atoms with Crippen molar-refractivity contribution < 1.29 is 15.3 Å². The van der Waals surface area contributed by atoms with Crippen LogP contribution in [0.5, 0.6) is 17.2 Å². The number of phenols is 3. The zero-order valence-electron chi connectivity index (χ0n) is 16.6. The first-order valence-electron chi connectivity index (χ1n) is 10.6. The van der Waals surface area contributed by atoms with Gasteiger partial charge in [0.1, 0.15) is 5.75 Å². The molecule has 0 saturated heterocycles. The lowest BCUT2D eigenvalue weighted by molar-refractivity contribution is 0.382. The van der Waals surface area contributed by atoms with E-state index < -0.39 is 0 Å². The Morgan fingerprint density at radius 1 is 0.731 bits per heavy atom. The lowest BCUT2D eigenvalue weighted by atomic mass is 9.95. The summed E-state index contributed by atoms with van der Waals surface area (Å²) < 4.78 is 0. The molecule has 0 unspecified atom stereocenters. The van der Waals surface area contributed by atoms with E-state index >= 15 is 0 Å². The van der Waals surface area contributed by atoms with Crippen LogP contribution in [-0.2, 0) is 12.8 Å². The van der Waals surface area contributed by atoms with Crippen LogP contribution < -0.4 is 0 Å². The molecule has 1 aromatic carbocycles. The number of rotatable bonds is 11. The highest BCUT2D eigenvalue weighted by molar-refractivity contribution is 5.56. The average Bonchev–Trinajstić information content (AvgIpc) is 3.51. The van der Waals surface area contributed by atoms with Gasteiger partial charge in [-0.3, -0.25) is 0 Å². The molecule has 2 saturated carbocycles. The first-order valence-corrected chi connectivity index (χ1v) is 10.6. The monoisotopic (exact) mass is 360 g/mol. The molecule has 0 atom stereocenters. The summed E-state index contributed by atoms with van der Waals surface area (Å²) in [6.07, 6.45) is 14.6. The van der Waals surface area contributed by atoms with E-state index in [1.54, 1.807) is 6.07 Å². The summed E-state index contributed by atoms with van der Waals surface area (Å²) in [5.41, 5.74) is 2.34. The van der Waals surface area contributed by atoms with Crippen molar-refractivity contribution in [3.8, 4) is 17.2 Å². The molecule has 1 aromatic rings. The van der Waals surface area contributed by atoms with Crippen molar-refractivity contribution >= 4 is 0 Å². The van der Waals surface area contributed by atoms with E-state index in [-0.39, 0.29) is 17.2 Å². The van der Waals surface area contributed by atoms with Gasteiger partial charge in [0, 0.05) is 11.1 Å². The predicted octanol–water partition coefficient (Wildman–Crippen LogP) is 6.22. The minimum atomic E-state index is -0.108. The van der Waals surface area contributed by atoms with Gasteiger partial charge in [0.05, 0.1) is 0 Å². The second-order valence-electron chi connectivity index (χ2n) is 9.62. The molecular formula is C23H36O3. The molecule has 0 spiro atoms. The molecule has 3 heteroatoms. The summed E-state index contributed by atoms with van der Waals surface area (Å²) in [7, 11) is 0. The molecule has 3 N–H and O–H groups in total. The van der Waals surface area contributed by atoms with Crippen LogP contribution in [0.1, 0.15) is 95.6 Å². The maximum Gasteiger partial charge on any atom is 0.164 e. The zero-order chi connectivity index (χ0) is 18.8. The molecule has 0 aliphatic heterocycles. The Bertz CT molecular complexity index is 627. The van der Waals surface area contributed by atoms with Gasteiger partial charge in [-0.1, -0.05) is 33.1 Å². The van der Waals surface area contributed by atoms with E-state index in [1.807, 2.05) is 0 Å². The van der Waals surface area contributed by atoms with Crippen LogP contribution in [0.4, 0.5) is 0 Å². The lowest BCUT2D eigenvalue weighted by Crippen LogP contribution is -1.96. The molecule has 2 aliphatic rings. The minimum Gasteiger partial charge on any atom is -0.508 e. The molecule has 0 aromatic heterocycles. The van der Waals surface area contributed by atoms with E-state index in [1.165, 1.54) is 44.9 Å². The van der Waals surface area contributed by atoms with Gasteiger partial charge in [-0.2, -0.15) is 0 Å². The standard InChI is InChI=1S/C23H36O3/c1-22(12-13-22)10-6-3-4-9-18-19(24)16-17(20(25)21(18)26)8-5-7-11-23(2)14-15-23/h16,24-26H,3-15H2,1-2H3. The summed E-state index contributed by atoms with van der Waals surface area (Å²) in [5, 5.41) is 31.0. The number of hydrogen-bond acceptors (Lipinski definition) is 3. The SMILES string of the molecule is CC1(CCCCCc2c(O)cc(CCCCC3(C)CC3)c(O)c2O)CC1. The van der Waals surface area contributed by atoms with E-state index in [2.05, 4.69) is 13.8 Å². The third-order valence-electron chi connectivity index (χ3n) is 6.83. The van der Waals surface area contributed by atoms with E-state index in [9.17, 15) is 15.3 Å². The van der Waals surface area contributed by atoms with E-state index in [0.717, 1.165) is 25.7 Å². The quantitative estimate of drug-likeness (QED) is 0.249. The second kappa shape index (κ2) is 7.70. The fraction of sp³-hybridized carbons (Fsp3) is 0.739. The van der Waals surface area contributed by atoms with Crippen molar-refractivity contribution in [3.05, 3.63) is 17.2 Å². The van der Waals surface area contributed by atoms with Gasteiger partial charge in [-0.15, -0.1) is 0 Å². The topological polar surface area (TPSA) is 60.7 Å². The Balaban J connectivity index is 1.46. The smallest absolute Gasteiger partial charge is 0.164 e. The van der Waals surface area contributed by atoms with Crippen LogP contribution in [0, 0.1) is 10.8 Å². The largest absolute Gasteiger partial charge is 0.508 e. The van der Waals surface area contributed by atoms with Crippen molar-refractivity contribution in [1.29, 1.82) is 0 Å². The maximum absolute atomic E-state index is 10.3. The summed E-state index contributed by atoms with van der Waals surface area (Å²) in [6, 6.07) is 1.66. The van der Waals surface area contributed by atoms with Crippen LogP contribution in [0.3, 0.4) is 0 Å². The second-order valence-corrected chi connectivity index (χ2v) is 9.62. The number of hydrogen-bond donors (Lipinski definition) is 3. The first-order chi connectivity index (χ1) is 12.3. The highest BCUT2D eigenvalue weighted by atomic mass is 16.3. The van der Waals surface area contributed by atoms with Crippen molar-refractivity contribution in [2.24, 2.45) is 10.8 Å². The van der Waals surface area contributed by atoms with Crippen LogP contribution in [0.15, 0.2) is 6.07 Å². The van der Waals surface area contributed by atoms with Gasteiger partial charge >= 0.3 is 0 Å². The summed E-state index contributed by atoms with van der Waals surface area (Å²) in [4.78, 5) is 0. The van der Waals surface area contributed by atoms with E-state index in [4.69, 9.17) is 0 Å². The molecule has 26 heavy (non-hydrogen) atoms. The molecule has 0 amide bonds. The zero-order valence-corrected chi connectivity index (χ0v) is 16.6. The summed E-state index contributed by atoms with van der Waals surface area (Å²) in [5.74, 6) is 0.00263. The van der Waals surface area contributed by atoms with Crippen LogP contribution >= 0.6 is 0 Å². The van der Waals surface area contributed by atoms with Gasteiger partial charge in [0.15, 0.2) is 11.5 Å². The molecule has 0 bridgehead atoms. The molecule has 2 aliphatic carbocycles. The highest BCUT2D eigenvalue weighted by Crippen LogP contribution is 2.50. The van der Waals surface area contributed by atoms with Crippen molar-refractivity contribution in [3.63, 3.8) is 0 Å². The number of aromatic hydroxyl groups is 3. The van der Waals surface area contributed by atoms with Gasteiger partial charge < -0.3 is 15.3 Å². The van der Waals surface area contributed by atoms with Crippen LogP contribution in [0.2, 0.25) is 0 Å². The Hall–Kier alpha value is -1.38. The Kier molecular flexibility index (Phi) is 5.74. The van der Waals surface area contributed by atoms with Gasteiger partial charge in [-0.05, 0) is 81.1 Å². The fourth-order valence-corrected chi connectivity index (χ4v) is 4.00. The van der Waals surface area contributed by atoms with E-state index in [0.29, 0.717) is 34.8 Å². The Morgan fingerprint density at radius 2 is 1.27 bits per heavy atom. The van der Waals surface area contributed by atoms with Gasteiger partial charge in [0.25, 0.3) is 0 Å². The van der Waals surface area contributed by atoms with Crippen molar-refractivity contribution in [2.45, 2.75) is 97.3 Å². The normalized spacial score (nSPS) is 19.5. The molecule has 3 rings (SSSR count). The minimum absolute atomic E-state index is 0.0269. The van der Waals surface area contributed by atoms with Crippen LogP contribution in [-0.4, -0.2) is 15.3 Å². The highest BCUT2D eigenvalue weighted by Gasteiger charge is 2.36. The molecule has 146 valence electrons. The number of unbranched alkanes of at least 4 members (excludes halogenated alkanes) is 3. The molecule has 2 fully saturated rings. The van der Waals surface area contributed by atoms with Gasteiger partial charge in [-0.25, -0.2) is 0 Å². The van der Waals surface area contributed by atoms with Crippen molar-refractivity contribution in [2.75, 3.05) is 0 Å². The Morgan fingerprint density at radius 3 is 1.85 bits per heavy atom. The van der Waals surface area contributed by atoms with Gasteiger partial charge in [0.2, 0.25) is 0 Å². The number of benzene rings is 1. The predicted molar refractivity (Wildman–Crippen MR) is 106 cm³/mol. The molecular weight excluding hydrogens is 324 g/mol.